The average Bonchev–Trinajstić information content (AvgIpc) is 3.25. The first kappa shape index (κ1) is 12.9. The van der Waals surface area contributed by atoms with E-state index in [1.165, 1.54) is 50.5 Å². The van der Waals surface area contributed by atoms with Crippen LogP contribution in [0.3, 0.4) is 0 Å². The third-order valence-electron chi connectivity index (χ3n) is 4.35. The first-order chi connectivity index (χ1) is 9.36. The van der Waals surface area contributed by atoms with Crippen LogP contribution in [-0.4, -0.2) is 6.10 Å². The fourth-order valence-electron chi connectivity index (χ4n) is 3.13. The van der Waals surface area contributed by atoms with Crippen molar-refractivity contribution in [3.8, 4) is 5.75 Å². The fraction of sp³-hybridized carbons (Fsp3) is 0.625. The molecule has 1 aromatic carbocycles. The van der Waals surface area contributed by atoms with Gasteiger partial charge in [-0.05, 0) is 49.3 Å². The molecule has 2 fully saturated rings. The van der Waals surface area contributed by atoms with Gasteiger partial charge in [0.1, 0.15) is 5.75 Å². The number of rotatable bonds is 5. The van der Waals surface area contributed by atoms with Crippen molar-refractivity contribution in [1.82, 2.24) is 5.43 Å². The third-order valence-corrected chi connectivity index (χ3v) is 4.35. The lowest BCUT2D eigenvalue weighted by Gasteiger charge is -2.30. The summed E-state index contributed by atoms with van der Waals surface area (Å²) in [7, 11) is 0. The molecule has 0 spiro atoms. The van der Waals surface area contributed by atoms with Crippen LogP contribution in [0.2, 0.25) is 0 Å². The molecule has 0 heterocycles. The minimum Gasteiger partial charge on any atom is -0.490 e. The van der Waals surface area contributed by atoms with E-state index in [-0.39, 0.29) is 6.04 Å². The van der Waals surface area contributed by atoms with Crippen LogP contribution in [0.1, 0.15) is 56.6 Å². The van der Waals surface area contributed by atoms with Gasteiger partial charge in [-0.25, -0.2) is 0 Å². The number of nitrogens with two attached hydrogens (primary N) is 1. The molecule has 0 aliphatic heterocycles. The maximum atomic E-state index is 5.88. The molecule has 2 saturated carbocycles. The first-order valence-corrected chi connectivity index (χ1v) is 7.59. The van der Waals surface area contributed by atoms with Crippen LogP contribution in [0.5, 0.6) is 5.75 Å². The molecule has 3 heteroatoms. The lowest BCUT2D eigenvalue weighted by atomic mass is 9.81. The van der Waals surface area contributed by atoms with Gasteiger partial charge in [0.05, 0.1) is 6.10 Å². The Bertz CT molecular complexity index is 411. The molecule has 3 rings (SSSR count). The van der Waals surface area contributed by atoms with Gasteiger partial charge in [0.25, 0.3) is 0 Å². The summed E-state index contributed by atoms with van der Waals surface area (Å²) in [6.07, 6.45) is 9.46. The van der Waals surface area contributed by atoms with Crippen LogP contribution < -0.4 is 16.0 Å². The average molecular weight is 260 g/mol. The minimum absolute atomic E-state index is 0.267. The van der Waals surface area contributed by atoms with Crippen LogP contribution in [0.15, 0.2) is 24.3 Å². The van der Waals surface area contributed by atoms with E-state index in [0.29, 0.717) is 12.0 Å². The van der Waals surface area contributed by atoms with Crippen molar-refractivity contribution in [2.24, 2.45) is 11.8 Å². The number of hydrogen-bond donors (Lipinski definition) is 2. The molecule has 1 atom stereocenters. The second-order valence-corrected chi connectivity index (χ2v) is 5.93. The van der Waals surface area contributed by atoms with Crippen molar-refractivity contribution in [2.75, 3.05) is 0 Å². The number of nitrogens with one attached hydrogen (secondary N) is 1. The van der Waals surface area contributed by atoms with E-state index in [9.17, 15) is 0 Å². The van der Waals surface area contributed by atoms with Crippen LogP contribution in [0.4, 0.5) is 0 Å². The van der Waals surface area contributed by atoms with Crippen molar-refractivity contribution in [1.29, 1.82) is 0 Å². The Morgan fingerprint density at radius 2 is 1.89 bits per heavy atom. The topological polar surface area (TPSA) is 47.3 Å². The highest BCUT2D eigenvalue weighted by Gasteiger charge is 2.26. The van der Waals surface area contributed by atoms with E-state index >= 15 is 0 Å². The quantitative estimate of drug-likeness (QED) is 0.630. The molecule has 3 nitrogen and oxygen atoms in total. The van der Waals surface area contributed by atoms with Crippen molar-refractivity contribution in [3.05, 3.63) is 29.8 Å². The van der Waals surface area contributed by atoms with E-state index in [1.54, 1.807) is 0 Å². The van der Waals surface area contributed by atoms with Gasteiger partial charge in [0.15, 0.2) is 0 Å². The van der Waals surface area contributed by atoms with Crippen molar-refractivity contribution in [3.63, 3.8) is 0 Å². The molecule has 0 bridgehead atoms. The van der Waals surface area contributed by atoms with Gasteiger partial charge in [-0.3, -0.25) is 11.3 Å². The molecule has 0 saturated heterocycles. The maximum Gasteiger partial charge on any atom is 0.120 e. The molecule has 2 aliphatic rings. The SMILES string of the molecule is NNC(c1cccc(OC2CC2)c1)C1CCCCC1. The number of hydrogen-bond acceptors (Lipinski definition) is 3. The van der Waals surface area contributed by atoms with Gasteiger partial charge in [-0.1, -0.05) is 31.4 Å². The van der Waals surface area contributed by atoms with E-state index in [2.05, 4.69) is 29.7 Å². The highest BCUT2D eigenvalue weighted by atomic mass is 16.5. The molecule has 0 amide bonds. The van der Waals surface area contributed by atoms with Gasteiger partial charge < -0.3 is 4.74 Å². The molecule has 104 valence electrons. The summed E-state index contributed by atoms with van der Waals surface area (Å²) >= 11 is 0. The molecular weight excluding hydrogens is 236 g/mol. The molecule has 0 aromatic heterocycles. The Morgan fingerprint density at radius 1 is 1.11 bits per heavy atom. The summed E-state index contributed by atoms with van der Waals surface area (Å²) in [6, 6.07) is 8.73. The van der Waals surface area contributed by atoms with Gasteiger partial charge >= 0.3 is 0 Å². The van der Waals surface area contributed by atoms with Crippen LogP contribution in [-0.2, 0) is 0 Å². The summed E-state index contributed by atoms with van der Waals surface area (Å²) in [5.41, 5.74) is 4.30. The molecule has 1 unspecified atom stereocenters. The zero-order valence-electron chi connectivity index (χ0n) is 11.5. The summed E-state index contributed by atoms with van der Waals surface area (Å²) in [5, 5.41) is 0. The van der Waals surface area contributed by atoms with Crippen LogP contribution in [0.25, 0.3) is 0 Å². The number of ether oxygens (including phenoxy) is 1. The Hall–Kier alpha value is -1.06. The summed E-state index contributed by atoms with van der Waals surface area (Å²) in [5.74, 6) is 7.47. The predicted molar refractivity (Wildman–Crippen MR) is 76.7 cm³/mol. The molecule has 3 N–H and O–H groups in total. The van der Waals surface area contributed by atoms with Crippen LogP contribution in [0, 0.1) is 5.92 Å². The van der Waals surface area contributed by atoms with E-state index < -0.39 is 0 Å². The second kappa shape index (κ2) is 5.93. The Morgan fingerprint density at radius 3 is 2.58 bits per heavy atom. The number of benzene rings is 1. The van der Waals surface area contributed by atoms with Crippen molar-refractivity contribution in [2.45, 2.75) is 57.1 Å². The fourth-order valence-corrected chi connectivity index (χ4v) is 3.13. The second-order valence-electron chi connectivity index (χ2n) is 5.93. The molecular formula is C16H24N2O. The first-order valence-electron chi connectivity index (χ1n) is 7.59. The van der Waals surface area contributed by atoms with Gasteiger partial charge in [0.2, 0.25) is 0 Å². The molecule has 0 radical (unpaired) electrons. The van der Waals surface area contributed by atoms with Gasteiger partial charge in [-0.15, -0.1) is 0 Å². The summed E-state index contributed by atoms with van der Waals surface area (Å²) in [4.78, 5) is 0. The smallest absolute Gasteiger partial charge is 0.120 e. The normalized spacial score (nSPS) is 22.2. The number of hydrazine groups is 1. The van der Waals surface area contributed by atoms with Crippen molar-refractivity contribution >= 4 is 0 Å². The largest absolute Gasteiger partial charge is 0.490 e. The highest BCUT2D eigenvalue weighted by molar-refractivity contribution is 5.31. The van der Waals surface area contributed by atoms with Crippen molar-refractivity contribution < 1.29 is 4.74 Å². The third kappa shape index (κ3) is 3.28. The summed E-state index contributed by atoms with van der Waals surface area (Å²) in [6.45, 7) is 0. The Labute approximate surface area is 115 Å². The van der Waals surface area contributed by atoms with E-state index in [0.717, 1.165) is 5.75 Å². The lowest BCUT2D eigenvalue weighted by molar-refractivity contribution is 0.271. The monoisotopic (exact) mass is 260 g/mol. The molecule has 1 aromatic rings. The molecule has 2 aliphatic carbocycles. The van der Waals surface area contributed by atoms with E-state index in [4.69, 9.17) is 10.6 Å². The predicted octanol–water partition coefficient (Wildman–Crippen LogP) is 3.31. The maximum absolute atomic E-state index is 5.88. The van der Waals surface area contributed by atoms with E-state index in [1.807, 2.05) is 0 Å². The van der Waals surface area contributed by atoms with Gasteiger partial charge in [0, 0.05) is 6.04 Å². The van der Waals surface area contributed by atoms with Gasteiger partial charge in [-0.2, -0.15) is 0 Å². The minimum atomic E-state index is 0.267. The molecule has 19 heavy (non-hydrogen) atoms. The van der Waals surface area contributed by atoms with Crippen LogP contribution >= 0.6 is 0 Å². The lowest BCUT2D eigenvalue weighted by Crippen LogP contribution is -2.34. The summed E-state index contributed by atoms with van der Waals surface area (Å²) < 4.78 is 5.88. The zero-order chi connectivity index (χ0) is 13.1. The zero-order valence-corrected chi connectivity index (χ0v) is 11.5. The standard InChI is InChI=1S/C16H24N2O/c17-18-16(12-5-2-1-3-6-12)13-7-4-8-15(11-13)19-14-9-10-14/h4,7-8,11-12,14,16,18H,1-3,5-6,9-10,17H2. The Balaban J connectivity index is 1.73. The highest BCUT2D eigenvalue weighted by Crippen LogP contribution is 2.35. The Kier molecular flexibility index (Phi) is 4.04.